The Morgan fingerprint density at radius 2 is 2.19 bits per heavy atom. The third kappa shape index (κ3) is 4.76. The number of carbonyl (C=O) groups is 1. The first-order valence-electron chi connectivity index (χ1n) is 8.09. The van der Waals surface area contributed by atoms with E-state index in [1.807, 2.05) is 13.0 Å². The maximum atomic E-state index is 12.4. The lowest BCUT2D eigenvalue weighted by Crippen LogP contribution is -2.29. The molecule has 0 unspecified atom stereocenters. The standard InChI is InChI=1S/C17H17F2N5O2S/c1-17(3-5-27-16(20)24-17)13-7-10(2-4-21-13)6-12(25)11-8-23-14(9-22-11)26-15(18)19/h2,4,7-9,15H,3,5-6H2,1H3,(H2,20,24)/t17-/m0/s1. The minimum atomic E-state index is -2.99. The van der Waals surface area contributed by atoms with Crippen molar-refractivity contribution in [3.05, 3.63) is 47.7 Å². The van der Waals surface area contributed by atoms with Crippen LogP contribution >= 0.6 is 11.8 Å². The van der Waals surface area contributed by atoms with E-state index in [1.165, 1.54) is 11.8 Å². The Morgan fingerprint density at radius 3 is 2.85 bits per heavy atom. The number of hydrogen-bond acceptors (Lipinski definition) is 8. The first-order chi connectivity index (χ1) is 12.9. The van der Waals surface area contributed by atoms with Gasteiger partial charge >= 0.3 is 6.61 Å². The zero-order valence-electron chi connectivity index (χ0n) is 14.4. The van der Waals surface area contributed by atoms with Crippen molar-refractivity contribution in [3.63, 3.8) is 0 Å². The van der Waals surface area contributed by atoms with Crippen LogP contribution in [0.5, 0.6) is 5.88 Å². The number of nitrogens with two attached hydrogens (primary N) is 1. The molecule has 0 saturated carbocycles. The number of aliphatic imine (C=N–C) groups is 1. The summed E-state index contributed by atoms with van der Waals surface area (Å²) in [6.07, 6.45) is 4.60. The zero-order chi connectivity index (χ0) is 19.4. The molecule has 7 nitrogen and oxygen atoms in total. The molecule has 2 aromatic rings. The van der Waals surface area contributed by atoms with Gasteiger partial charge in [0, 0.05) is 18.4 Å². The highest BCUT2D eigenvalue weighted by Crippen LogP contribution is 2.34. The van der Waals surface area contributed by atoms with E-state index in [2.05, 4.69) is 24.7 Å². The topological polar surface area (TPSA) is 103 Å². The maximum absolute atomic E-state index is 12.4. The van der Waals surface area contributed by atoms with E-state index in [0.29, 0.717) is 5.17 Å². The van der Waals surface area contributed by atoms with Crippen LogP contribution in [0.4, 0.5) is 8.78 Å². The van der Waals surface area contributed by atoms with Crippen molar-refractivity contribution in [3.8, 4) is 5.88 Å². The number of thioether (sulfide) groups is 1. The molecule has 0 fully saturated rings. The van der Waals surface area contributed by atoms with Gasteiger partial charge in [0.15, 0.2) is 11.0 Å². The number of alkyl halides is 2. The number of rotatable bonds is 6. The molecule has 10 heteroatoms. The van der Waals surface area contributed by atoms with Gasteiger partial charge in [0.2, 0.25) is 5.88 Å². The molecule has 3 heterocycles. The first-order valence-corrected chi connectivity index (χ1v) is 9.08. The number of halogens is 2. The number of ketones is 1. The van der Waals surface area contributed by atoms with Gasteiger partial charge < -0.3 is 10.5 Å². The van der Waals surface area contributed by atoms with E-state index in [4.69, 9.17) is 5.73 Å². The van der Waals surface area contributed by atoms with Crippen LogP contribution in [-0.2, 0) is 12.0 Å². The van der Waals surface area contributed by atoms with E-state index in [9.17, 15) is 13.6 Å². The summed E-state index contributed by atoms with van der Waals surface area (Å²) in [5, 5.41) is 0.522. The predicted octanol–water partition coefficient (Wildman–Crippen LogP) is 2.57. The van der Waals surface area contributed by atoms with Crippen LogP contribution in [-0.4, -0.2) is 38.3 Å². The summed E-state index contributed by atoms with van der Waals surface area (Å²) < 4.78 is 28.4. The van der Waals surface area contributed by atoms with Crippen molar-refractivity contribution >= 4 is 22.7 Å². The number of amidine groups is 1. The second-order valence-electron chi connectivity index (χ2n) is 6.09. The van der Waals surface area contributed by atoms with Gasteiger partial charge in [-0.05, 0) is 31.0 Å². The molecular weight excluding hydrogens is 376 g/mol. The van der Waals surface area contributed by atoms with Crippen LogP contribution < -0.4 is 10.5 Å². The molecule has 142 valence electrons. The number of ether oxygens (including phenoxy) is 1. The van der Waals surface area contributed by atoms with Crippen LogP contribution in [0.1, 0.15) is 35.1 Å². The molecular formula is C17H17F2N5O2S. The second kappa shape index (κ2) is 7.95. The number of nitrogens with zero attached hydrogens (tertiary/aromatic N) is 4. The summed E-state index contributed by atoms with van der Waals surface area (Å²) in [5.74, 6) is 0.209. The van der Waals surface area contributed by atoms with Crippen LogP contribution in [0.2, 0.25) is 0 Å². The lowest BCUT2D eigenvalue weighted by Gasteiger charge is -2.28. The van der Waals surface area contributed by atoms with Gasteiger partial charge in [-0.1, -0.05) is 11.8 Å². The monoisotopic (exact) mass is 393 g/mol. The van der Waals surface area contributed by atoms with Gasteiger partial charge in [-0.15, -0.1) is 0 Å². The summed E-state index contributed by atoms with van der Waals surface area (Å²) in [7, 11) is 0. The molecule has 3 rings (SSSR count). The fourth-order valence-electron chi connectivity index (χ4n) is 2.64. The van der Waals surface area contributed by atoms with Crippen LogP contribution in [0, 0.1) is 0 Å². The Hall–Kier alpha value is -2.62. The summed E-state index contributed by atoms with van der Waals surface area (Å²) in [6.45, 7) is -1.03. The third-order valence-corrected chi connectivity index (χ3v) is 4.86. The smallest absolute Gasteiger partial charge is 0.388 e. The molecule has 0 bridgehead atoms. The second-order valence-corrected chi connectivity index (χ2v) is 7.21. The number of Topliss-reactive ketones (excluding diaryl/α,β-unsaturated/α-hetero) is 1. The van der Waals surface area contributed by atoms with Gasteiger partial charge in [-0.2, -0.15) is 8.78 Å². The van der Waals surface area contributed by atoms with Crippen molar-refractivity contribution in [1.82, 2.24) is 15.0 Å². The van der Waals surface area contributed by atoms with Crippen molar-refractivity contribution in [2.45, 2.75) is 31.9 Å². The third-order valence-electron chi connectivity index (χ3n) is 4.06. The van der Waals surface area contributed by atoms with Gasteiger partial charge in [-0.25, -0.2) is 15.0 Å². The van der Waals surface area contributed by atoms with Crippen LogP contribution in [0.15, 0.2) is 35.7 Å². The number of pyridine rings is 1. The van der Waals surface area contributed by atoms with E-state index >= 15 is 0 Å². The molecule has 0 saturated heterocycles. The van der Waals surface area contributed by atoms with Crippen molar-refractivity contribution in [2.75, 3.05) is 5.75 Å². The summed E-state index contributed by atoms with van der Waals surface area (Å²) in [5.41, 5.74) is 6.87. The highest BCUT2D eigenvalue weighted by atomic mass is 32.2. The largest absolute Gasteiger partial charge is 0.415 e. The molecule has 1 aliphatic rings. The molecule has 0 amide bonds. The van der Waals surface area contributed by atoms with Gasteiger partial charge in [-0.3, -0.25) is 9.78 Å². The fourth-order valence-corrected chi connectivity index (χ4v) is 3.61. The molecule has 2 N–H and O–H groups in total. The van der Waals surface area contributed by atoms with Crippen LogP contribution in [0.3, 0.4) is 0 Å². The number of hydrogen-bond donors (Lipinski definition) is 1. The quantitative estimate of drug-likeness (QED) is 0.752. The molecule has 2 aromatic heterocycles. The highest BCUT2D eigenvalue weighted by Gasteiger charge is 2.31. The SMILES string of the molecule is C[C@@]1(c2cc(CC(=O)c3cnc(OC(F)F)cn3)ccn2)CCSC(N)=N1. The minimum absolute atomic E-state index is 0.0671. The molecule has 0 aromatic carbocycles. The average Bonchev–Trinajstić information content (AvgIpc) is 2.62. The molecule has 0 spiro atoms. The van der Waals surface area contributed by atoms with Crippen molar-refractivity contribution in [2.24, 2.45) is 10.7 Å². The summed E-state index contributed by atoms with van der Waals surface area (Å²) in [4.78, 5) is 28.8. The first kappa shape index (κ1) is 19.2. The predicted molar refractivity (Wildman–Crippen MR) is 97.0 cm³/mol. The van der Waals surface area contributed by atoms with Gasteiger partial charge in [0.1, 0.15) is 11.2 Å². The fraction of sp³-hybridized carbons (Fsp3) is 0.353. The lowest BCUT2D eigenvalue weighted by atomic mass is 9.93. The summed E-state index contributed by atoms with van der Waals surface area (Å²) in [6, 6.07) is 3.56. The van der Waals surface area contributed by atoms with E-state index in [1.54, 1.807) is 12.3 Å². The van der Waals surface area contributed by atoms with E-state index in [0.717, 1.165) is 35.8 Å². The Balaban J connectivity index is 1.74. The molecule has 1 atom stereocenters. The van der Waals surface area contributed by atoms with E-state index in [-0.39, 0.29) is 23.8 Å². The molecule has 27 heavy (non-hydrogen) atoms. The lowest BCUT2D eigenvalue weighted by molar-refractivity contribution is -0.0531. The Labute approximate surface area is 158 Å². The van der Waals surface area contributed by atoms with Crippen LogP contribution in [0.25, 0.3) is 0 Å². The normalized spacial score (nSPS) is 19.6. The van der Waals surface area contributed by atoms with Crippen molar-refractivity contribution in [1.29, 1.82) is 0 Å². The molecule has 0 aliphatic carbocycles. The maximum Gasteiger partial charge on any atom is 0.388 e. The molecule has 0 radical (unpaired) electrons. The Morgan fingerprint density at radius 1 is 1.37 bits per heavy atom. The van der Waals surface area contributed by atoms with Gasteiger partial charge in [0.25, 0.3) is 0 Å². The Bertz CT molecular complexity index is 863. The number of carbonyl (C=O) groups excluding carboxylic acids is 1. The highest BCUT2D eigenvalue weighted by molar-refractivity contribution is 8.13. The van der Waals surface area contributed by atoms with Gasteiger partial charge in [0.05, 0.1) is 18.1 Å². The molecule has 1 aliphatic heterocycles. The Kier molecular flexibility index (Phi) is 5.64. The summed E-state index contributed by atoms with van der Waals surface area (Å²) >= 11 is 1.51. The van der Waals surface area contributed by atoms with E-state index < -0.39 is 12.2 Å². The zero-order valence-corrected chi connectivity index (χ0v) is 15.2. The average molecular weight is 393 g/mol. The number of aromatic nitrogens is 3. The minimum Gasteiger partial charge on any atom is -0.415 e. The van der Waals surface area contributed by atoms with Crippen molar-refractivity contribution < 1.29 is 18.3 Å².